The molecule has 0 spiro atoms. The molecule has 2 amide bonds. The van der Waals surface area contributed by atoms with Crippen molar-refractivity contribution in [3.05, 3.63) is 30.1 Å². The van der Waals surface area contributed by atoms with Gasteiger partial charge < -0.3 is 25.4 Å². The van der Waals surface area contributed by atoms with E-state index >= 15 is 0 Å². The minimum atomic E-state index is -0.682. The molecule has 2 saturated heterocycles. The van der Waals surface area contributed by atoms with Crippen LogP contribution in [0.3, 0.4) is 0 Å². The number of pyridine rings is 1. The molecule has 3 atom stereocenters. The number of piperidine rings is 1. The zero-order valence-electron chi connectivity index (χ0n) is 14.9. The van der Waals surface area contributed by atoms with Gasteiger partial charge in [0.15, 0.2) is 0 Å². The number of rotatable bonds is 5. The van der Waals surface area contributed by atoms with Crippen LogP contribution < -0.4 is 10.6 Å². The first-order valence-electron chi connectivity index (χ1n) is 9.04. The van der Waals surface area contributed by atoms with E-state index in [9.17, 15) is 14.7 Å². The predicted molar refractivity (Wildman–Crippen MR) is 94.5 cm³/mol. The highest BCUT2D eigenvalue weighted by Gasteiger charge is 2.37. The van der Waals surface area contributed by atoms with E-state index < -0.39 is 12.2 Å². The van der Waals surface area contributed by atoms with Gasteiger partial charge in [-0.3, -0.25) is 14.6 Å². The summed E-state index contributed by atoms with van der Waals surface area (Å²) >= 11 is 0. The average Bonchev–Trinajstić information content (AvgIpc) is 3.00. The molecule has 142 valence electrons. The summed E-state index contributed by atoms with van der Waals surface area (Å²) in [5, 5.41) is 16.7. The Morgan fingerprint density at radius 2 is 2.00 bits per heavy atom. The van der Waals surface area contributed by atoms with Crippen LogP contribution in [0.25, 0.3) is 0 Å². The van der Waals surface area contributed by atoms with Crippen molar-refractivity contribution < 1.29 is 19.4 Å². The largest absolute Gasteiger partial charge is 0.389 e. The van der Waals surface area contributed by atoms with Crippen molar-refractivity contribution in [3.8, 4) is 0 Å². The van der Waals surface area contributed by atoms with Gasteiger partial charge in [-0.15, -0.1) is 0 Å². The normalized spacial score (nSPS) is 26.7. The second-order valence-electron chi connectivity index (χ2n) is 6.86. The van der Waals surface area contributed by atoms with Crippen LogP contribution >= 0.6 is 0 Å². The van der Waals surface area contributed by atoms with Crippen LogP contribution in [0.1, 0.15) is 30.1 Å². The van der Waals surface area contributed by atoms with E-state index in [-0.39, 0.29) is 30.4 Å². The van der Waals surface area contributed by atoms with Gasteiger partial charge in [-0.1, -0.05) is 0 Å². The van der Waals surface area contributed by atoms with Crippen molar-refractivity contribution >= 4 is 11.8 Å². The predicted octanol–water partition coefficient (Wildman–Crippen LogP) is -0.460. The summed E-state index contributed by atoms with van der Waals surface area (Å²) in [5.41, 5.74) is 0.527. The summed E-state index contributed by atoms with van der Waals surface area (Å²) in [7, 11) is 0. The molecule has 8 heteroatoms. The minimum Gasteiger partial charge on any atom is -0.389 e. The molecule has 0 unspecified atom stereocenters. The molecule has 0 saturated carbocycles. The van der Waals surface area contributed by atoms with Gasteiger partial charge in [0.05, 0.1) is 18.8 Å². The third-order valence-electron chi connectivity index (χ3n) is 5.08. The SMILES string of the molecule is CC(=O)N1CCC(N[C@@H]2CO[C@H](CNC(=O)c3ccncc3)[C@H]2O)CC1. The van der Waals surface area contributed by atoms with Gasteiger partial charge in [0.2, 0.25) is 5.91 Å². The minimum absolute atomic E-state index is 0.109. The van der Waals surface area contributed by atoms with Gasteiger partial charge in [0.1, 0.15) is 6.10 Å². The van der Waals surface area contributed by atoms with Crippen LogP contribution in [0.5, 0.6) is 0 Å². The number of amides is 2. The van der Waals surface area contributed by atoms with Crippen molar-refractivity contribution in [2.45, 2.75) is 44.1 Å². The second-order valence-corrected chi connectivity index (χ2v) is 6.86. The number of hydrogen-bond donors (Lipinski definition) is 3. The zero-order valence-corrected chi connectivity index (χ0v) is 14.9. The number of nitrogens with zero attached hydrogens (tertiary/aromatic N) is 2. The number of carbonyl (C=O) groups is 2. The maximum Gasteiger partial charge on any atom is 0.251 e. The molecule has 1 aromatic rings. The summed E-state index contributed by atoms with van der Waals surface area (Å²) in [6.45, 7) is 3.73. The number of hydrogen-bond acceptors (Lipinski definition) is 6. The Balaban J connectivity index is 1.43. The number of likely N-dealkylation sites (tertiary alicyclic amines) is 1. The van der Waals surface area contributed by atoms with Crippen molar-refractivity contribution in [1.29, 1.82) is 0 Å². The lowest BCUT2D eigenvalue weighted by atomic mass is 10.0. The van der Waals surface area contributed by atoms with Crippen molar-refractivity contribution in [1.82, 2.24) is 20.5 Å². The molecule has 0 aromatic carbocycles. The molecule has 2 aliphatic rings. The van der Waals surface area contributed by atoms with E-state index in [4.69, 9.17) is 4.74 Å². The summed E-state index contributed by atoms with van der Waals surface area (Å²) in [5.74, 6) is -0.103. The van der Waals surface area contributed by atoms with Crippen molar-refractivity contribution in [3.63, 3.8) is 0 Å². The molecule has 2 fully saturated rings. The van der Waals surface area contributed by atoms with E-state index in [1.165, 1.54) is 0 Å². The second kappa shape index (κ2) is 8.57. The average molecular weight is 362 g/mol. The fraction of sp³-hybridized carbons (Fsp3) is 0.611. The summed E-state index contributed by atoms with van der Waals surface area (Å²) in [4.78, 5) is 29.2. The molecular formula is C18H26N4O4. The van der Waals surface area contributed by atoms with Gasteiger partial charge in [-0.25, -0.2) is 0 Å². The first kappa shape index (κ1) is 18.8. The van der Waals surface area contributed by atoms with E-state index in [1.807, 2.05) is 4.90 Å². The number of aliphatic hydroxyl groups excluding tert-OH is 1. The van der Waals surface area contributed by atoms with Crippen molar-refractivity contribution in [2.24, 2.45) is 0 Å². The van der Waals surface area contributed by atoms with Crippen LogP contribution in [0.2, 0.25) is 0 Å². The third-order valence-corrected chi connectivity index (χ3v) is 5.08. The lowest BCUT2D eigenvalue weighted by Gasteiger charge is -2.33. The van der Waals surface area contributed by atoms with E-state index in [2.05, 4.69) is 15.6 Å². The number of aliphatic hydroxyl groups is 1. The van der Waals surface area contributed by atoms with E-state index in [0.29, 0.717) is 12.2 Å². The highest BCUT2D eigenvalue weighted by Crippen LogP contribution is 2.18. The molecule has 2 aliphatic heterocycles. The van der Waals surface area contributed by atoms with Gasteiger partial charge in [0.25, 0.3) is 5.91 Å². The fourth-order valence-electron chi connectivity index (χ4n) is 3.47. The summed E-state index contributed by atoms with van der Waals surface area (Å²) in [6, 6.07) is 3.38. The highest BCUT2D eigenvalue weighted by atomic mass is 16.5. The van der Waals surface area contributed by atoms with Crippen LogP contribution in [0, 0.1) is 0 Å². The number of carbonyl (C=O) groups excluding carboxylic acids is 2. The molecule has 0 aliphatic carbocycles. The van der Waals surface area contributed by atoms with E-state index in [0.717, 1.165) is 25.9 Å². The fourth-order valence-corrected chi connectivity index (χ4v) is 3.47. The Labute approximate surface area is 152 Å². The molecule has 0 radical (unpaired) electrons. The highest BCUT2D eigenvalue weighted by molar-refractivity contribution is 5.93. The molecule has 3 N–H and O–H groups in total. The first-order chi connectivity index (χ1) is 12.5. The molecule has 1 aromatic heterocycles. The Kier molecular flexibility index (Phi) is 6.18. The molecular weight excluding hydrogens is 336 g/mol. The third kappa shape index (κ3) is 4.57. The Hall–Kier alpha value is -2.03. The maximum atomic E-state index is 12.1. The molecule has 3 rings (SSSR count). The van der Waals surface area contributed by atoms with Crippen LogP contribution in [-0.4, -0.2) is 77.3 Å². The summed E-state index contributed by atoms with van der Waals surface area (Å²) < 4.78 is 5.66. The smallest absolute Gasteiger partial charge is 0.251 e. The Bertz CT molecular complexity index is 619. The van der Waals surface area contributed by atoms with Gasteiger partial charge in [-0.2, -0.15) is 0 Å². The Morgan fingerprint density at radius 3 is 2.65 bits per heavy atom. The lowest BCUT2D eigenvalue weighted by molar-refractivity contribution is -0.129. The number of aromatic nitrogens is 1. The number of nitrogens with one attached hydrogen (secondary N) is 2. The lowest BCUT2D eigenvalue weighted by Crippen LogP contribution is -2.51. The number of ether oxygens (including phenoxy) is 1. The monoisotopic (exact) mass is 362 g/mol. The van der Waals surface area contributed by atoms with Crippen LogP contribution in [-0.2, 0) is 9.53 Å². The van der Waals surface area contributed by atoms with Crippen LogP contribution in [0.4, 0.5) is 0 Å². The standard InChI is InChI=1S/C18H26N4O4/c1-12(23)22-8-4-14(5-9-22)21-15-11-26-16(17(15)24)10-20-18(25)13-2-6-19-7-3-13/h2-3,6-7,14-17,21,24H,4-5,8-11H2,1H3,(H,20,25)/t15-,16-,17+/m1/s1. The molecule has 3 heterocycles. The van der Waals surface area contributed by atoms with E-state index in [1.54, 1.807) is 31.5 Å². The van der Waals surface area contributed by atoms with Gasteiger partial charge >= 0.3 is 0 Å². The molecule has 26 heavy (non-hydrogen) atoms. The quantitative estimate of drug-likeness (QED) is 0.655. The molecule has 8 nitrogen and oxygen atoms in total. The van der Waals surface area contributed by atoms with Gasteiger partial charge in [0, 0.05) is 50.6 Å². The first-order valence-corrected chi connectivity index (χ1v) is 9.04. The van der Waals surface area contributed by atoms with Gasteiger partial charge in [-0.05, 0) is 25.0 Å². The topological polar surface area (TPSA) is 104 Å². The van der Waals surface area contributed by atoms with Crippen molar-refractivity contribution in [2.75, 3.05) is 26.2 Å². The Morgan fingerprint density at radius 1 is 1.31 bits per heavy atom. The zero-order chi connectivity index (χ0) is 18.5. The summed E-state index contributed by atoms with van der Waals surface area (Å²) in [6.07, 6.45) is 3.74. The molecule has 0 bridgehead atoms. The maximum absolute atomic E-state index is 12.1. The van der Waals surface area contributed by atoms with Crippen LogP contribution in [0.15, 0.2) is 24.5 Å².